The Morgan fingerprint density at radius 1 is 1.10 bits per heavy atom. The van der Waals surface area contributed by atoms with Crippen molar-refractivity contribution in [2.75, 3.05) is 0 Å². The normalized spacial score (nSPS) is 22.6. The summed E-state index contributed by atoms with van der Waals surface area (Å²) in [6.07, 6.45) is 8.50. The van der Waals surface area contributed by atoms with Crippen LogP contribution in [0.1, 0.15) is 64.0 Å². The Labute approximate surface area is 129 Å². The molecule has 1 heteroatoms. The van der Waals surface area contributed by atoms with Crippen LogP contribution in [-0.4, -0.2) is 5.11 Å². The molecule has 0 fully saturated rings. The van der Waals surface area contributed by atoms with Crippen molar-refractivity contribution in [1.29, 1.82) is 0 Å². The summed E-state index contributed by atoms with van der Waals surface area (Å²) in [6, 6.07) is 10.1. The number of unbranched alkanes of at least 4 members (excludes halogenated alkanes) is 2. The minimum atomic E-state index is -0.463. The molecule has 0 saturated carbocycles. The zero-order valence-corrected chi connectivity index (χ0v) is 13.4. The van der Waals surface area contributed by atoms with E-state index in [1.165, 1.54) is 18.4 Å². The molecule has 0 radical (unpaired) electrons. The van der Waals surface area contributed by atoms with E-state index < -0.39 is 6.10 Å². The molecule has 0 aliphatic heterocycles. The summed E-state index contributed by atoms with van der Waals surface area (Å²) in [6.45, 7) is 8.66. The molecule has 1 aliphatic rings. The van der Waals surface area contributed by atoms with Crippen molar-refractivity contribution in [2.24, 2.45) is 5.41 Å². The van der Waals surface area contributed by atoms with Gasteiger partial charge in [-0.1, -0.05) is 81.7 Å². The largest absolute Gasteiger partial charge is 0.387 e. The average Bonchev–Trinajstić information content (AvgIpc) is 2.52. The van der Waals surface area contributed by atoms with Crippen LogP contribution in [0.5, 0.6) is 0 Å². The second-order valence-corrected chi connectivity index (χ2v) is 6.19. The molecule has 1 aliphatic carbocycles. The van der Waals surface area contributed by atoms with E-state index in [0.29, 0.717) is 0 Å². The van der Waals surface area contributed by atoms with Gasteiger partial charge >= 0.3 is 0 Å². The average molecular weight is 284 g/mol. The monoisotopic (exact) mass is 284 g/mol. The van der Waals surface area contributed by atoms with Crippen molar-refractivity contribution in [1.82, 2.24) is 0 Å². The molecule has 1 nitrogen and oxygen atoms in total. The van der Waals surface area contributed by atoms with Gasteiger partial charge in [0.05, 0.1) is 6.10 Å². The van der Waals surface area contributed by atoms with E-state index in [1.54, 1.807) is 0 Å². The van der Waals surface area contributed by atoms with Gasteiger partial charge in [0.25, 0.3) is 0 Å². The first-order chi connectivity index (χ1) is 10.2. The molecule has 21 heavy (non-hydrogen) atoms. The van der Waals surface area contributed by atoms with E-state index >= 15 is 0 Å². The lowest BCUT2D eigenvalue weighted by molar-refractivity contribution is 0.0568. The Balaban J connectivity index is 2.29. The molecule has 0 saturated heterocycles. The number of aliphatic hydroxyl groups excluding tert-OH is 1. The summed E-state index contributed by atoms with van der Waals surface area (Å²) < 4.78 is 0. The molecule has 0 spiro atoms. The number of hydrogen-bond donors (Lipinski definition) is 1. The van der Waals surface area contributed by atoms with Crippen LogP contribution < -0.4 is 0 Å². The van der Waals surface area contributed by atoms with Crippen molar-refractivity contribution >= 4 is 0 Å². The van der Waals surface area contributed by atoms with Gasteiger partial charge in [-0.05, 0) is 30.4 Å². The van der Waals surface area contributed by atoms with Crippen molar-refractivity contribution < 1.29 is 5.11 Å². The Hall–Kier alpha value is -1.34. The molecular formula is C20H28O. The van der Waals surface area contributed by atoms with Gasteiger partial charge in [0.2, 0.25) is 0 Å². The second kappa shape index (κ2) is 7.09. The number of hydrogen-bond acceptors (Lipinski definition) is 1. The number of allylic oxidation sites excluding steroid dienone is 1. The lowest BCUT2D eigenvalue weighted by Gasteiger charge is -2.48. The highest BCUT2D eigenvalue weighted by molar-refractivity contribution is 5.50. The van der Waals surface area contributed by atoms with Crippen molar-refractivity contribution in [3.05, 3.63) is 59.7 Å². The predicted molar refractivity (Wildman–Crippen MR) is 90.1 cm³/mol. The maximum Gasteiger partial charge on any atom is 0.0923 e. The highest BCUT2D eigenvalue weighted by Crippen LogP contribution is 2.58. The Kier molecular flexibility index (Phi) is 5.41. The lowest BCUT2D eigenvalue weighted by Crippen LogP contribution is -2.38. The molecule has 0 bridgehead atoms. The van der Waals surface area contributed by atoms with Gasteiger partial charge in [-0.25, -0.2) is 0 Å². The van der Waals surface area contributed by atoms with Crippen LogP contribution in [0.25, 0.3) is 0 Å². The topological polar surface area (TPSA) is 20.2 Å². The standard InChI is InChI=1S/C20H28O/c1-4-6-13-18-15-16(3)20(18,14-7-5-2)19(21)17-11-9-8-10-12-17/h8-12,15,19,21H,3-7,13-14H2,1-2H3/t19?,20-/m0/s1. The molecule has 2 atom stereocenters. The zero-order chi connectivity index (χ0) is 15.3. The summed E-state index contributed by atoms with van der Waals surface area (Å²) in [5.74, 6) is 0. The summed E-state index contributed by atoms with van der Waals surface area (Å²) in [4.78, 5) is 0. The summed E-state index contributed by atoms with van der Waals surface area (Å²) in [5, 5.41) is 11.1. The second-order valence-electron chi connectivity index (χ2n) is 6.19. The smallest absolute Gasteiger partial charge is 0.0923 e. The van der Waals surface area contributed by atoms with Gasteiger partial charge in [-0.3, -0.25) is 0 Å². The van der Waals surface area contributed by atoms with Crippen molar-refractivity contribution in [3.63, 3.8) is 0 Å². The molecule has 1 unspecified atom stereocenters. The summed E-state index contributed by atoms with van der Waals surface area (Å²) in [5.41, 5.74) is 3.31. The molecule has 0 amide bonds. The number of benzene rings is 1. The lowest BCUT2D eigenvalue weighted by atomic mass is 9.57. The Morgan fingerprint density at radius 3 is 2.33 bits per heavy atom. The van der Waals surface area contributed by atoms with E-state index in [0.717, 1.165) is 36.8 Å². The van der Waals surface area contributed by atoms with Gasteiger partial charge in [0.1, 0.15) is 0 Å². The third-order valence-electron chi connectivity index (χ3n) is 4.80. The molecule has 0 aromatic heterocycles. The van der Waals surface area contributed by atoms with Gasteiger partial charge in [-0.2, -0.15) is 0 Å². The fourth-order valence-electron chi connectivity index (χ4n) is 3.44. The Morgan fingerprint density at radius 2 is 1.76 bits per heavy atom. The SMILES string of the molecule is C=C1C=C(CCCC)[C@@]1(CCCC)C(O)c1ccccc1. The fraction of sp³-hybridized carbons (Fsp3) is 0.500. The molecule has 2 rings (SSSR count). The van der Waals surface area contributed by atoms with E-state index in [4.69, 9.17) is 0 Å². The van der Waals surface area contributed by atoms with E-state index in [1.807, 2.05) is 30.3 Å². The summed E-state index contributed by atoms with van der Waals surface area (Å²) >= 11 is 0. The minimum absolute atomic E-state index is 0.216. The quantitative estimate of drug-likeness (QED) is 0.660. The first-order valence-electron chi connectivity index (χ1n) is 8.30. The highest BCUT2D eigenvalue weighted by Gasteiger charge is 2.48. The van der Waals surface area contributed by atoms with Crippen LogP contribution in [0.15, 0.2) is 54.1 Å². The van der Waals surface area contributed by atoms with Gasteiger partial charge in [0.15, 0.2) is 0 Å². The van der Waals surface area contributed by atoms with Crippen LogP contribution >= 0.6 is 0 Å². The van der Waals surface area contributed by atoms with E-state index in [-0.39, 0.29) is 5.41 Å². The van der Waals surface area contributed by atoms with Crippen molar-refractivity contribution in [3.8, 4) is 0 Å². The molecule has 114 valence electrons. The molecule has 1 aromatic carbocycles. The first kappa shape index (κ1) is 16.0. The minimum Gasteiger partial charge on any atom is -0.387 e. The number of rotatable bonds is 8. The maximum atomic E-state index is 11.1. The molecule has 0 heterocycles. The molecular weight excluding hydrogens is 256 g/mol. The van der Waals surface area contributed by atoms with Crippen LogP contribution in [0.2, 0.25) is 0 Å². The highest BCUT2D eigenvalue weighted by atomic mass is 16.3. The summed E-state index contributed by atoms with van der Waals surface area (Å²) in [7, 11) is 0. The Bertz CT molecular complexity index is 500. The van der Waals surface area contributed by atoms with Crippen LogP contribution in [0.3, 0.4) is 0 Å². The van der Waals surface area contributed by atoms with E-state index in [9.17, 15) is 5.11 Å². The third kappa shape index (κ3) is 2.98. The van der Waals surface area contributed by atoms with Crippen molar-refractivity contribution in [2.45, 2.75) is 58.5 Å². The van der Waals surface area contributed by atoms with Gasteiger partial charge < -0.3 is 5.11 Å². The molecule has 1 aromatic rings. The zero-order valence-electron chi connectivity index (χ0n) is 13.4. The fourth-order valence-corrected chi connectivity index (χ4v) is 3.44. The van der Waals surface area contributed by atoms with Crippen LogP contribution in [-0.2, 0) is 0 Å². The van der Waals surface area contributed by atoms with Crippen LogP contribution in [0.4, 0.5) is 0 Å². The van der Waals surface area contributed by atoms with E-state index in [2.05, 4.69) is 26.5 Å². The van der Waals surface area contributed by atoms with Crippen LogP contribution in [0, 0.1) is 5.41 Å². The maximum absolute atomic E-state index is 11.1. The van der Waals surface area contributed by atoms with Gasteiger partial charge in [0, 0.05) is 5.41 Å². The third-order valence-corrected chi connectivity index (χ3v) is 4.80. The molecule has 1 N–H and O–H groups in total. The predicted octanol–water partition coefficient (Wildman–Crippen LogP) is 5.58. The first-order valence-corrected chi connectivity index (χ1v) is 8.30. The van der Waals surface area contributed by atoms with Gasteiger partial charge in [-0.15, -0.1) is 0 Å². The number of aliphatic hydroxyl groups is 1.